The molecule has 1 aromatic carbocycles. The predicted octanol–water partition coefficient (Wildman–Crippen LogP) is 1.73. The number of aliphatic hydroxyl groups is 1. The summed E-state index contributed by atoms with van der Waals surface area (Å²) in [4.78, 5) is 15.8. The Morgan fingerprint density at radius 3 is 2.60 bits per heavy atom. The number of aromatic hydroxyl groups is 1. The van der Waals surface area contributed by atoms with Gasteiger partial charge >= 0.3 is 0 Å². The number of ether oxygens (including phenoxy) is 1. The van der Waals surface area contributed by atoms with Crippen LogP contribution in [0, 0.1) is 20.8 Å². The fourth-order valence-corrected chi connectivity index (χ4v) is 2.29. The van der Waals surface area contributed by atoms with Gasteiger partial charge in [-0.1, -0.05) is 6.07 Å². The van der Waals surface area contributed by atoms with Gasteiger partial charge in [0.05, 0.1) is 18.5 Å². The number of aryl methyl sites for hydroxylation is 3. The first-order valence-electron chi connectivity index (χ1n) is 7.72. The first-order chi connectivity index (χ1) is 11.9. The van der Waals surface area contributed by atoms with Gasteiger partial charge in [-0.3, -0.25) is 9.78 Å². The third kappa shape index (κ3) is 5.02. The number of aromatic nitrogens is 1. The van der Waals surface area contributed by atoms with Gasteiger partial charge in [0.2, 0.25) is 0 Å². The van der Waals surface area contributed by atoms with Gasteiger partial charge in [0.25, 0.3) is 5.91 Å². The number of pyridine rings is 1. The molecule has 0 fully saturated rings. The van der Waals surface area contributed by atoms with Crippen molar-refractivity contribution >= 4 is 12.1 Å². The Morgan fingerprint density at radius 2 is 1.96 bits per heavy atom. The maximum Gasteiger partial charge on any atom is 0.277 e. The van der Waals surface area contributed by atoms with Crippen LogP contribution in [-0.4, -0.2) is 33.9 Å². The van der Waals surface area contributed by atoms with Crippen molar-refractivity contribution in [2.24, 2.45) is 5.10 Å². The maximum atomic E-state index is 11.8. The van der Waals surface area contributed by atoms with E-state index in [1.807, 2.05) is 32.0 Å². The van der Waals surface area contributed by atoms with Crippen LogP contribution in [-0.2, 0) is 11.4 Å². The number of nitrogens with zero attached hydrogens (tertiary/aromatic N) is 2. The van der Waals surface area contributed by atoms with Crippen LogP contribution >= 0.6 is 0 Å². The van der Waals surface area contributed by atoms with E-state index in [0.717, 1.165) is 11.1 Å². The summed E-state index contributed by atoms with van der Waals surface area (Å²) in [5.41, 5.74) is 5.55. The summed E-state index contributed by atoms with van der Waals surface area (Å²) >= 11 is 0. The average molecular weight is 343 g/mol. The van der Waals surface area contributed by atoms with E-state index in [0.29, 0.717) is 22.6 Å². The first kappa shape index (κ1) is 18.4. The Kier molecular flexibility index (Phi) is 6.08. The molecule has 0 aliphatic heterocycles. The number of aliphatic hydroxyl groups excluding tert-OH is 1. The number of hydrogen-bond acceptors (Lipinski definition) is 6. The van der Waals surface area contributed by atoms with Crippen LogP contribution in [0.2, 0.25) is 0 Å². The standard InChI is InChI=1S/C18H21N3O4/c1-11-4-12(2)6-15(5-11)25-10-17(23)21-20-8-16-14(9-22)7-19-13(3)18(16)24/h4-8,22,24H,9-10H2,1-3H3,(H,21,23). The molecule has 1 heterocycles. The molecule has 0 saturated carbocycles. The fourth-order valence-electron chi connectivity index (χ4n) is 2.29. The van der Waals surface area contributed by atoms with Gasteiger partial charge in [0.1, 0.15) is 11.5 Å². The van der Waals surface area contributed by atoms with Crippen molar-refractivity contribution in [3.63, 3.8) is 0 Å². The van der Waals surface area contributed by atoms with Gasteiger partial charge in [-0.2, -0.15) is 5.10 Å². The molecular weight excluding hydrogens is 322 g/mol. The van der Waals surface area contributed by atoms with E-state index in [1.165, 1.54) is 12.4 Å². The van der Waals surface area contributed by atoms with Gasteiger partial charge in [-0.25, -0.2) is 5.43 Å². The second kappa shape index (κ2) is 8.25. The molecule has 1 amide bonds. The summed E-state index contributed by atoms with van der Waals surface area (Å²) in [5.74, 6) is 0.0869. The highest BCUT2D eigenvalue weighted by molar-refractivity contribution is 5.87. The highest BCUT2D eigenvalue weighted by atomic mass is 16.5. The smallest absolute Gasteiger partial charge is 0.277 e. The van der Waals surface area contributed by atoms with E-state index in [2.05, 4.69) is 15.5 Å². The average Bonchev–Trinajstić information content (AvgIpc) is 2.56. The molecule has 0 aliphatic rings. The molecular formula is C18H21N3O4. The van der Waals surface area contributed by atoms with Crippen molar-refractivity contribution < 1.29 is 19.7 Å². The van der Waals surface area contributed by atoms with E-state index < -0.39 is 5.91 Å². The highest BCUT2D eigenvalue weighted by Gasteiger charge is 2.09. The van der Waals surface area contributed by atoms with Crippen LogP contribution in [0.1, 0.15) is 27.9 Å². The molecule has 0 atom stereocenters. The van der Waals surface area contributed by atoms with Gasteiger partial charge in [0, 0.05) is 17.3 Å². The number of nitrogens with one attached hydrogen (secondary N) is 1. The zero-order valence-corrected chi connectivity index (χ0v) is 14.4. The molecule has 0 bridgehead atoms. The monoisotopic (exact) mass is 343 g/mol. The van der Waals surface area contributed by atoms with Gasteiger partial charge < -0.3 is 14.9 Å². The van der Waals surface area contributed by atoms with Crippen LogP contribution in [0.4, 0.5) is 0 Å². The van der Waals surface area contributed by atoms with Crippen LogP contribution < -0.4 is 10.2 Å². The number of rotatable bonds is 6. The van der Waals surface area contributed by atoms with Crippen molar-refractivity contribution in [3.8, 4) is 11.5 Å². The second-order valence-electron chi connectivity index (χ2n) is 5.69. The molecule has 25 heavy (non-hydrogen) atoms. The lowest BCUT2D eigenvalue weighted by Gasteiger charge is -2.08. The number of carbonyl (C=O) groups is 1. The fraction of sp³-hybridized carbons (Fsp3) is 0.278. The number of amides is 1. The lowest BCUT2D eigenvalue weighted by atomic mass is 10.1. The third-order valence-corrected chi connectivity index (χ3v) is 3.48. The highest BCUT2D eigenvalue weighted by Crippen LogP contribution is 2.21. The topological polar surface area (TPSA) is 104 Å². The van der Waals surface area contributed by atoms with Gasteiger partial charge in [-0.05, 0) is 44.0 Å². The summed E-state index contributed by atoms with van der Waals surface area (Å²) in [5, 5.41) is 23.0. The largest absolute Gasteiger partial charge is 0.505 e. The quantitative estimate of drug-likeness (QED) is 0.547. The Hall–Kier alpha value is -2.93. The van der Waals surface area contributed by atoms with Crippen LogP contribution in [0.15, 0.2) is 29.5 Å². The summed E-state index contributed by atoms with van der Waals surface area (Å²) in [6.07, 6.45) is 2.71. The molecule has 1 aromatic heterocycles. The Balaban J connectivity index is 1.96. The normalized spacial score (nSPS) is 10.9. The number of carbonyl (C=O) groups excluding carboxylic acids is 1. The molecule has 132 valence electrons. The molecule has 3 N–H and O–H groups in total. The molecule has 0 saturated heterocycles. The van der Waals surface area contributed by atoms with E-state index >= 15 is 0 Å². The van der Waals surface area contributed by atoms with Crippen LogP contribution in [0.3, 0.4) is 0 Å². The molecule has 7 heteroatoms. The minimum atomic E-state index is -0.439. The number of hydrogen-bond donors (Lipinski definition) is 3. The molecule has 0 radical (unpaired) electrons. The summed E-state index contributed by atoms with van der Waals surface area (Å²) in [7, 11) is 0. The van der Waals surface area contributed by atoms with E-state index in [9.17, 15) is 15.0 Å². The Bertz CT molecular complexity index is 783. The molecule has 0 aliphatic carbocycles. The van der Waals surface area contributed by atoms with Crippen LogP contribution in [0.25, 0.3) is 0 Å². The zero-order valence-electron chi connectivity index (χ0n) is 14.4. The van der Waals surface area contributed by atoms with Crippen molar-refractivity contribution in [1.29, 1.82) is 0 Å². The molecule has 7 nitrogen and oxygen atoms in total. The molecule has 0 unspecified atom stereocenters. The lowest BCUT2D eigenvalue weighted by Crippen LogP contribution is -2.24. The predicted molar refractivity (Wildman–Crippen MR) is 93.7 cm³/mol. The van der Waals surface area contributed by atoms with Crippen molar-refractivity contribution in [1.82, 2.24) is 10.4 Å². The van der Waals surface area contributed by atoms with E-state index in [-0.39, 0.29) is 19.0 Å². The Labute approximate surface area is 146 Å². The first-order valence-corrected chi connectivity index (χ1v) is 7.72. The maximum absolute atomic E-state index is 11.8. The summed E-state index contributed by atoms with van der Waals surface area (Å²) in [6, 6.07) is 5.70. The minimum Gasteiger partial charge on any atom is -0.505 e. The number of benzene rings is 1. The van der Waals surface area contributed by atoms with Gasteiger partial charge in [-0.15, -0.1) is 0 Å². The van der Waals surface area contributed by atoms with Crippen LogP contribution in [0.5, 0.6) is 11.5 Å². The molecule has 0 spiro atoms. The second-order valence-corrected chi connectivity index (χ2v) is 5.69. The van der Waals surface area contributed by atoms with E-state index in [1.54, 1.807) is 6.92 Å². The zero-order chi connectivity index (χ0) is 18.4. The molecule has 2 aromatic rings. The third-order valence-electron chi connectivity index (χ3n) is 3.48. The summed E-state index contributed by atoms with van der Waals surface area (Å²) in [6.45, 7) is 5.04. The minimum absolute atomic E-state index is 0.0870. The van der Waals surface area contributed by atoms with E-state index in [4.69, 9.17) is 4.74 Å². The molecule has 2 rings (SSSR count). The van der Waals surface area contributed by atoms with Crippen molar-refractivity contribution in [2.45, 2.75) is 27.4 Å². The van der Waals surface area contributed by atoms with Gasteiger partial charge in [0.15, 0.2) is 6.61 Å². The number of hydrazone groups is 1. The van der Waals surface area contributed by atoms with Crippen molar-refractivity contribution in [2.75, 3.05) is 6.61 Å². The van der Waals surface area contributed by atoms with Crippen molar-refractivity contribution in [3.05, 3.63) is 52.3 Å². The summed E-state index contributed by atoms with van der Waals surface area (Å²) < 4.78 is 5.43. The SMILES string of the molecule is Cc1cc(C)cc(OCC(=O)NN=Cc2c(CO)cnc(C)c2O)c1. The Morgan fingerprint density at radius 1 is 1.28 bits per heavy atom. The lowest BCUT2D eigenvalue weighted by molar-refractivity contribution is -0.123.